The molecule has 0 atom stereocenters. The summed E-state index contributed by atoms with van der Waals surface area (Å²) >= 11 is 14.7. The minimum atomic E-state index is -0.333. The number of hydrogen-bond donors (Lipinski definition) is 2. The van der Waals surface area contributed by atoms with Crippen LogP contribution in [0.1, 0.15) is 26.3 Å². The molecule has 0 saturated heterocycles. The van der Waals surface area contributed by atoms with Gasteiger partial charge in [-0.05, 0) is 54.1 Å². The van der Waals surface area contributed by atoms with Crippen molar-refractivity contribution in [3.8, 4) is 0 Å². The van der Waals surface area contributed by atoms with Gasteiger partial charge in [0.2, 0.25) is 5.13 Å². The summed E-state index contributed by atoms with van der Waals surface area (Å²) in [6, 6.07) is 21.1. The summed E-state index contributed by atoms with van der Waals surface area (Å²) in [7, 11) is 0. The van der Waals surface area contributed by atoms with Crippen LogP contribution in [0.2, 0.25) is 10.0 Å². The van der Waals surface area contributed by atoms with Crippen molar-refractivity contribution < 1.29 is 9.59 Å². The van der Waals surface area contributed by atoms with Gasteiger partial charge in [0.25, 0.3) is 11.8 Å². The molecule has 0 bridgehead atoms. The second-order valence-electron chi connectivity index (χ2n) is 6.75. The van der Waals surface area contributed by atoms with Crippen LogP contribution < -0.4 is 10.6 Å². The van der Waals surface area contributed by atoms with Crippen LogP contribution in [-0.2, 0) is 5.75 Å². The van der Waals surface area contributed by atoms with Gasteiger partial charge in [0, 0.05) is 22.0 Å². The van der Waals surface area contributed by atoms with Crippen LogP contribution in [-0.4, -0.2) is 22.0 Å². The third-order valence-corrected chi connectivity index (χ3v) is 7.05. The number of carbonyl (C=O) groups excluding carboxylic acids is 2. The first kappa shape index (κ1) is 23.3. The van der Waals surface area contributed by atoms with Gasteiger partial charge in [-0.1, -0.05) is 70.6 Å². The van der Waals surface area contributed by atoms with Gasteiger partial charge in [-0.15, -0.1) is 10.2 Å². The van der Waals surface area contributed by atoms with Gasteiger partial charge < -0.3 is 5.32 Å². The molecule has 0 unspecified atom stereocenters. The molecule has 4 rings (SSSR count). The maximum atomic E-state index is 12.4. The molecule has 4 aromatic rings. The lowest BCUT2D eigenvalue weighted by molar-refractivity contribution is 0.101. The van der Waals surface area contributed by atoms with Crippen LogP contribution >= 0.6 is 46.3 Å². The van der Waals surface area contributed by atoms with Gasteiger partial charge in [-0.3, -0.25) is 14.9 Å². The Morgan fingerprint density at radius 1 is 0.848 bits per heavy atom. The topological polar surface area (TPSA) is 84.0 Å². The minimum Gasteiger partial charge on any atom is -0.322 e. The highest BCUT2D eigenvalue weighted by Crippen LogP contribution is 2.29. The van der Waals surface area contributed by atoms with Crippen molar-refractivity contribution >= 4 is 68.9 Å². The molecule has 0 fully saturated rings. The molecule has 10 heteroatoms. The monoisotopic (exact) mass is 514 g/mol. The Bertz CT molecular complexity index is 1280. The number of hydrogen-bond acceptors (Lipinski definition) is 6. The van der Waals surface area contributed by atoms with Crippen molar-refractivity contribution in [2.24, 2.45) is 0 Å². The maximum Gasteiger partial charge on any atom is 0.259 e. The van der Waals surface area contributed by atoms with E-state index in [4.69, 9.17) is 23.2 Å². The van der Waals surface area contributed by atoms with Gasteiger partial charge in [0.15, 0.2) is 4.34 Å². The van der Waals surface area contributed by atoms with Crippen molar-refractivity contribution in [3.63, 3.8) is 0 Å². The predicted molar refractivity (Wildman–Crippen MR) is 135 cm³/mol. The zero-order valence-electron chi connectivity index (χ0n) is 16.9. The van der Waals surface area contributed by atoms with E-state index in [1.165, 1.54) is 23.1 Å². The van der Waals surface area contributed by atoms with Gasteiger partial charge >= 0.3 is 0 Å². The number of carbonyl (C=O) groups is 2. The van der Waals surface area contributed by atoms with E-state index in [1.54, 1.807) is 60.7 Å². The van der Waals surface area contributed by atoms with Crippen molar-refractivity contribution in [3.05, 3.63) is 99.5 Å². The zero-order valence-corrected chi connectivity index (χ0v) is 20.1. The summed E-state index contributed by atoms with van der Waals surface area (Å²) in [5.74, 6) is 0.118. The van der Waals surface area contributed by atoms with Crippen molar-refractivity contribution in [2.45, 2.75) is 10.1 Å². The Labute approximate surface area is 208 Å². The van der Waals surface area contributed by atoms with Crippen LogP contribution in [0.25, 0.3) is 0 Å². The molecule has 2 amide bonds. The maximum absolute atomic E-state index is 12.4. The van der Waals surface area contributed by atoms with Gasteiger partial charge in [0.1, 0.15) is 0 Å². The lowest BCUT2D eigenvalue weighted by Crippen LogP contribution is -2.12. The Balaban J connectivity index is 1.30. The molecule has 1 aromatic heterocycles. The lowest BCUT2D eigenvalue weighted by atomic mass is 10.1. The molecule has 0 aliphatic rings. The molecule has 0 aliphatic carbocycles. The van der Waals surface area contributed by atoms with E-state index < -0.39 is 0 Å². The summed E-state index contributed by atoms with van der Waals surface area (Å²) in [4.78, 5) is 24.7. The average Bonchev–Trinajstić information content (AvgIpc) is 3.27. The Kier molecular flexibility index (Phi) is 7.61. The van der Waals surface area contributed by atoms with Crippen LogP contribution in [0.15, 0.2) is 77.1 Å². The van der Waals surface area contributed by atoms with E-state index in [2.05, 4.69) is 20.8 Å². The predicted octanol–water partition coefficient (Wildman–Crippen LogP) is 6.64. The molecular weight excluding hydrogens is 499 g/mol. The molecule has 0 aliphatic heterocycles. The largest absolute Gasteiger partial charge is 0.322 e. The van der Waals surface area contributed by atoms with Gasteiger partial charge in [-0.2, -0.15) is 0 Å². The molecule has 33 heavy (non-hydrogen) atoms. The number of nitrogens with zero attached hydrogens (tertiary/aromatic N) is 2. The van der Waals surface area contributed by atoms with E-state index in [9.17, 15) is 9.59 Å². The molecule has 3 aromatic carbocycles. The second-order valence-corrected chi connectivity index (χ2v) is 9.80. The highest BCUT2D eigenvalue weighted by Gasteiger charge is 2.13. The van der Waals surface area contributed by atoms with Crippen molar-refractivity contribution in [1.29, 1.82) is 0 Å². The smallest absolute Gasteiger partial charge is 0.259 e. The number of aromatic nitrogens is 2. The Morgan fingerprint density at radius 2 is 1.58 bits per heavy atom. The third-order valence-electron chi connectivity index (χ3n) is 4.43. The standard InChI is InChI=1S/C23H16Cl2N4O2S2/c24-16-9-11-17(12-10-16)26-20(30)15-7-5-14(6-8-15)13-32-23-29-28-22(33-23)27-21(31)18-3-1-2-4-19(18)25/h1-12H,13H2,(H,26,30)(H,27,28,31). The SMILES string of the molecule is O=C(Nc1ccc(Cl)cc1)c1ccc(CSc2nnc(NC(=O)c3ccccc3Cl)s2)cc1. The van der Waals surface area contributed by atoms with E-state index >= 15 is 0 Å². The van der Waals surface area contributed by atoms with Crippen LogP contribution in [0.5, 0.6) is 0 Å². The first-order chi connectivity index (χ1) is 16.0. The normalized spacial score (nSPS) is 10.6. The highest BCUT2D eigenvalue weighted by atomic mass is 35.5. The highest BCUT2D eigenvalue weighted by molar-refractivity contribution is 8.00. The fourth-order valence-electron chi connectivity index (χ4n) is 2.76. The molecule has 0 saturated carbocycles. The van der Waals surface area contributed by atoms with Crippen molar-refractivity contribution in [2.75, 3.05) is 10.6 Å². The summed E-state index contributed by atoms with van der Waals surface area (Å²) in [6.45, 7) is 0. The number of benzene rings is 3. The van der Waals surface area contributed by atoms with E-state index in [0.29, 0.717) is 42.1 Å². The number of halogens is 2. The van der Waals surface area contributed by atoms with Crippen LogP contribution in [0.4, 0.5) is 10.8 Å². The van der Waals surface area contributed by atoms with Crippen molar-refractivity contribution in [1.82, 2.24) is 10.2 Å². The van der Waals surface area contributed by atoms with Crippen LogP contribution in [0.3, 0.4) is 0 Å². The van der Waals surface area contributed by atoms with E-state index in [1.807, 2.05) is 12.1 Å². The summed E-state index contributed by atoms with van der Waals surface area (Å²) in [6.07, 6.45) is 0. The Hall–Kier alpha value is -2.91. The first-order valence-corrected chi connectivity index (χ1v) is 12.2. The molecule has 166 valence electrons. The van der Waals surface area contributed by atoms with Gasteiger partial charge in [-0.25, -0.2) is 0 Å². The fourth-order valence-corrected chi connectivity index (χ4v) is 4.81. The minimum absolute atomic E-state index is 0.195. The Morgan fingerprint density at radius 3 is 2.30 bits per heavy atom. The number of nitrogens with one attached hydrogen (secondary N) is 2. The van der Waals surface area contributed by atoms with Crippen LogP contribution in [0, 0.1) is 0 Å². The first-order valence-electron chi connectivity index (χ1n) is 9.66. The zero-order chi connectivity index (χ0) is 23.2. The number of rotatable bonds is 7. The summed E-state index contributed by atoms with van der Waals surface area (Å²) < 4.78 is 0.717. The quantitative estimate of drug-likeness (QED) is 0.213. The average molecular weight is 515 g/mol. The summed E-state index contributed by atoms with van der Waals surface area (Å²) in [5, 5.41) is 15.1. The molecule has 1 heterocycles. The molecule has 2 N–H and O–H groups in total. The molecular formula is C23H16Cl2N4O2S2. The number of anilines is 2. The second kappa shape index (κ2) is 10.8. The lowest BCUT2D eigenvalue weighted by Gasteiger charge is -2.06. The number of amides is 2. The molecule has 0 radical (unpaired) electrons. The number of thioether (sulfide) groups is 1. The van der Waals surface area contributed by atoms with E-state index in [0.717, 1.165) is 5.56 Å². The van der Waals surface area contributed by atoms with Gasteiger partial charge in [0.05, 0.1) is 10.6 Å². The molecule has 6 nitrogen and oxygen atoms in total. The summed E-state index contributed by atoms with van der Waals surface area (Å²) in [5.41, 5.74) is 2.64. The van der Waals surface area contributed by atoms with E-state index in [-0.39, 0.29) is 11.8 Å². The molecule has 0 spiro atoms. The fraction of sp³-hybridized carbons (Fsp3) is 0.0435. The third kappa shape index (κ3) is 6.33.